The molecule has 3 aliphatic rings. The van der Waals surface area contributed by atoms with E-state index in [0.29, 0.717) is 25.7 Å². The largest absolute Gasteiger partial charge is 0.474 e. The van der Waals surface area contributed by atoms with Gasteiger partial charge in [-0.25, -0.2) is 0 Å². The minimum absolute atomic E-state index is 0.0139. The molecular formula is C24H33N4O4P. The van der Waals surface area contributed by atoms with Gasteiger partial charge in [0.15, 0.2) is 11.4 Å². The molecule has 9 heteroatoms. The van der Waals surface area contributed by atoms with E-state index in [1.54, 1.807) is 4.57 Å². The van der Waals surface area contributed by atoms with Crippen LogP contribution in [0.1, 0.15) is 66.8 Å². The summed E-state index contributed by atoms with van der Waals surface area (Å²) >= 11 is 0. The highest BCUT2D eigenvalue weighted by atomic mass is 31.0. The van der Waals surface area contributed by atoms with Gasteiger partial charge in [0.25, 0.3) is 11.8 Å². The van der Waals surface area contributed by atoms with Crippen LogP contribution in [0.15, 0.2) is 34.8 Å². The molecule has 2 amide bonds. The zero-order valence-electron chi connectivity index (χ0n) is 19.4. The summed E-state index contributed by atoms with van der Waals surface area (Å²) in [6.07, 6.45) is 13.0. The van der Waals surface area contributed by atoms with Gasteiger partial charge in [0.2, 0.25) is 5.43 Å². The molecule has 1 aromatic heterocycles. The third-order valence-electron chi connectivity index (χ3n) is 6.75. The molecule has 1 N–H and O–H groups in total. The lowest BCUT2D eigenvalue weighted by molar-refractivity contribution is 0.0454. The van der Waals surface area contributed by atoms with Crippen molar-refractivity contribution in [3.63, 3.8) is 0 Å². The number of fused-ring (bicyclic) bond motifs is 4. The summed E-state index contributed by atoms with van der Waals surface area (Å²) in [5.41, 5.74) is 0.617. The number of pyridine rings is 1. The van der Waals surface area contributed by atoms with Crippen molar-refractivity contribution in [2.45, 2.75) is 64.7 Å². The van der Waals surface area contributed by atoms with Gasteiger partial charge in [0.1, 0.15) is 11.7 Å². The molecule has 8 nitrogen and oxygen atoms in total. The fraction of sp³-hybridized carbons (Fsp3) is 0.542. The van der Waals surface area contributed by atoms with E-state index in [1.165, 1.54) is 12.6 Å². The summed E-state index contributed by atoms with van der Waals surface area (Å²) < 4.78 is 7.02. The molecule has 3 atom stereocenters. The SMILES string of the molecule is CCC/C=C\C=C(/C)CNC(=O)c1cn2c(c(OP)c1=O)C(=O)N1C[C@@H]3CCCCN3[C@@H]1C2. The Labute approximate surface area is 196 Å². The van der Waals surface area contributed by atoms with E-state index in [1.807, 2.05) is 24.0 Å². The molecule has 0 aromatic carbocycles. The standard InChI is InChI=1S/C24H33N4O4P/c1-3-4-5-6-9-16(2)12-25-23(30)18-14-26-15-19-27-11-8-7-10-17(27)13-28(19)24(31)20(26)22(32-33)21(18)29/h5-6,9,14,17,19H,3-4,7-8,10-13,15,33H2,1-2H3,(H,25,30)/b6-5-,16-9+/t17-,19-/m0/s1. The van der Waals surface area contributed by atoms with Gasteiger partial charge in [-0.05, 0) is 26.2 Å². The first-order valence-corrected chi connectivity index (χ1v) is 12.2. The molecule has 1 unspecified atom stereocenters. The summed E-state index contributed by atoms with van der Waals surface area (Å²) in [4.78, 5) is 43.6. The summed E-state index contributed by atoms with van der Waals surface area (Å²) in [5, 5.41) is 2.82. The number of carbonyl (C=O) groups excluding carboxylic acids is 2. The molecule has 33 heavy (non-hydrogen) atoms. The Morgan fingerprint density at radius 2 is 2.12 bits per heavy atom. The molecule has 2 fully saturated rings. The maximum atomic E-state index is 13.4. The van der Waals surface area contributed by atoms with Crippen LogP contribution >= 0.6 is 9.47 Å². The number of piperidine rings is 1. The van der Waals surface area contributed by atoms with Gasteiger partial charge in [-0.15, -0.1) is 0 Å². The van der Waals surface area contributed by atoms with Crippen molar-refractivity contribution in [1.82, 2.24) is 19.7 Å². The second kappa shape index (κ2) is 10.2. The number of allylic oxidation sites excluding steroid dienone is 3. The normalized spacial score (nSPS) is 22.8. The summed E-state index contributed by atoms with van der Waals surface area (Å²) in [5.74, 6) is -0.767. The first kappa shape index (κ1) is 23.7. The number of carbonyl (C=O) groups is 2. The minimum atomic E-state index is -0.568. The predicted molar refractivity (Wildman–Crippen MR) is 130 cm³/mol. The highest BCUT2D eigenvalue weighted by Gasteiger charge is 2.47. The van der Waals surface area contributed by atoms with E-state index in [0.717, 1.165) is 37.8 Å². The van der Waals surface area contributed by atoms with Crippen LogP contribution in [-0.2, 0) is 6.54 Å². The van der Waals surface area contributed by atoms with Crippen LogP contribution in [-0.4, -0.2) is 58.0 Å². The van der Waals surface area contributed by atoms with Gasteiger partial charge in [-0.2, -0.15) is 0 Å². The second-order valence-corrected chi connectivity index (χ2v) is 9.29. The Bertz CT molecular complexity index is 1050. The van der Waals surface area contributed by atoms with Crippen molar-refractivity contribution in [2.75, 3.05) is 19.6 Å². The Hall–Kier alpha value is -2.44. The van der Waals surface area contributed by atoms with E-state index < -0.39 is 11.3 Å². The maximum absolute atomic E-state index is 13.4. The van der Waals surface area contributed by atoms with Gasteiger partial charge >= 0.3 is 0 Å². The van der Waals surface area contributed by atoms with Crippen LogP contribution in [0.2, 0.25) is 0 Å². The Morgan fingerprint density at radius 1 is 1.30 bits per heavy atom. The molecule has 4 rings (SSSR count). The van der Waals surface area contributed by atoms with E-state index >= 15 is 0 Å². The van der Waals surface area contributed by atoms with Gasteiger partial charge in [-0.1, -0.05) is 43.6 Å². The number of unbranched alkanes of at least 4 members (excludes halogenated alkanes) is 1. The highest BCUT2D eigenvalue weighted by Crippen LogP contribution is 2.35. The third kappa shape index (κ3) is 4.64. The highest BCUT2D eigenvalue weighted by molar-refractivity contribution is 7.10. The number of hydrogen-bond donors (Lipinski definition) is 1. The quantitative estimate of drug-likeness (QED) is 0.487. The smallest absolute Gasteiger partial charge is 0.275 e. The first-order valence-electron chi connectivity index (χ1n) is 11.8. The van der Waals surface area contributed by atoms with Gasteiger partial charge < -0.3 is 19.3 Å². The molecule has 3 aliphatic heterocycles. The average Bonchev–Trinajstić information content (AvgIpc) is 3.19. The molecular weight excluding hydrogens is 439 g/mol. The predicted octanol–water partition coefficient (Wildman–Crippen LogP) is 2.70. The molecule has 0 aliphatic carbocycles. The summed E-state index contributed by atoms with van der Waals surface area (Å²) in [7, 11) is 2.05. The van der Waals surface area contributed by atoms with Gasteiger partial charge in [-0.3, -0.25) is 19.3 Å². The topological polar surface area (TPSA) is 83.9 Å². The van der Waals surface area contributed by atoms with E-state index in [9.17, 15) is 14.4 Å². The van der Waals surface area contributed by atoms with Crippen molar-refractivity contribution in [1.29, 1.82) is 0 Å². The zero-order valence-corrected chi connectivity index (χ0v) is 20.5. The number of aromatic nitrogens is 1. The summed E-state index contributed by atoms with van der Waals surface area (Å²) in [6.45, 7) is 6.53. The maximum Gasteiger partial charge on any atom is 0.275 e. The fourth-order valence-corrected chi connectivity index (χ4v) is 5.23. The van der Waals surface area contributed by atoms with E-state index in [4.69, 9.17) is 4.52 Å². The summed E-state index contributed by atoms with van der Waals surface area (Å²) in [6, 6.07) is 0.360. The van der Waals surface area contributed by atoms with Crippen LogP contribution in [0.5, 0.6) is 5.75 Å². The number of hydrogen-bond acceptors (Lipinski definition) is 5. The lowest BCUT2D eigenvalue weighted by atomic mass is 10.0. The van der Waals surface area contributed by atoms with Crippen LogP contribution < -0.4 is 15.3 Å². The number of nitrogens with zero attached hydrogens (tertiary/aromatic N) is 3. The van der Waals surface area contributed by atoms with Crippen LogP contribution in [0.4, 0.5) is 0 Å². The second-order valence-electron chi connectivity index (χ2n) is 9.06. The van der Waals surface area contributed by atoms with Crippen molar-refractivity contribution in [2.24, 2.45) is 0 Å². The van der Waals surface area contributed by atoms with Crippen molar-refractivity contribution in [3.8, 4) is 5.75 Å². The molecule has 4 heterocycles. The average molecular weight is 473 g/mol. The Kier molecular flexibility index (Phi) is 7.35. The molecule has 0 radical (unpaired) electrons. The molecule has 2 saturated heterocycles. The van der Waals surface area contributed by atoms with Gasteiger partial charge in [0.05, 0.1) is 16.0 Å². The third-order valence-corrected chi connectivity index (χ3v) is 6.98. The Balaban J connectivity index is 1.58. The number of nitrogens with one attached hydrogen (secondary N) is 1. The monoisotopic (exact) mass is 472 g/mol. The fourth-order valence-electron chi connectivity index (χ4n) is 5.02. The molecule has 0 spiro atoms. The van der Waals surface area contributed by atoms with Crippen LogP contribution in [0.3, 0.4) is 0 Å². The van der Waals surface area contributed by atoms with Crippen LogP contribution in [0, 0.1) is 0 Å². The Morgan fingerprint density at radius 3 is 2.88 bits per heavy atom. The van der Waals surface area contributed by atoms with E-state index in [-0.39, 0.29) is 29.1 Å². The van der Waals surface area contributed by atoms with Crippen LogP contribution in [0.25, 0.3) is 0 Å². The lowest BCUT2D eigenvalue weighted by Crippen LogP contribution is -2.51. The molecule has 1 aromatic rings. The van der Waals surface area contributed by atoms with Gasteiger partial charge in [0, 0.05) is 31.9 Å². The molecule has 0 bridgehead atoms. The number of rotatable bonds is 7. The molecule has 178 valence electrons. The van der Waals surface area contributed by atoms with Crippen molar-refractivity contribution < 1.29 is 14.1 Å². The van der Waals surface area contributed by atoms with Crippen molar-refractivity contribution >= 4 is 21.3 Å². The van der Waals surface area contributed by atoms with E-state index in [2.05, 4.69) is 32.7 Å². The number of amides is 2. The zero-order chi connectivity index (χ0) is 23.5. The van der Waals surface area contributed by atoms with Crippen molar-refractivity contribution in [3.05, 3.63) is 51.5 Å². The minimum Gasteiger partial charge on any atom is -0.474 e. The lowest BCUT2D eigenvalue weighted by Gasteiger charge is -2.38. The molecule has 0 saturated carbocycles. The first-order chi connectivity index (χ1) is 16.0.